The lowest BCUT2D eigenvalue weighted by molar-refractivity contribution is -0.121. The van der Waals surface area contributed by atoms with Crippen LogP contribution in [-0.2, 0) is 11.3 Å². The molecular weight excluding hydrogens is 506 g/mol. The van der Waals surface area contributed by atoms with Crippen molar-refractivity contribution in [1.82, 2.24) is 5.32 Å². The van der Waals surface area contributed by atoms with Crippen LogP contribution in [0.5, 0.6) is 34.5 Å². The van der Waals surface area contributed by atoms with Gasteiger partial charge in [-0.15, -0.1) is 0 Å². The predicted molar refractivity (Wildman–Crippen MR) is 141 cm³/mol. The molecule has 0 radical (unpaired) electrons. The minimum atomic E-state index is -0.906. The smallest absolute Gasteiger partial charge is 0.343 e. The van der Waals surface area contributed by atoms with Crippen LogP contribution < -0.4 is 34.6 Å². The van der Waals surface area contributed by atoms with Crippen LogP contribution in [0.1, 0.15) is 29.0 Å². The second-order valence-corrected chi connectivity index (χ2v) is 8.83. The van der Waals surface area contributed by atoms with Gasteiger partial charge >= 0.3 is 5.63 Å². The third-order valence-electron chi connectivity index (χ3n) is 6.57. The molecule has 0 aliphatic carbocycles. The van der Waals surface area contributed by atoms with Gasteiger partial charge in [-0.25, -0.2) is 4.79 Å². The van der Waals surface area contributed by atoms with Crippen molar-refractivity contribution in [2.45, 2.75) is 18.9 Å². The van der Waals surface area contributed by atoms with Gasteiger partial charge in [0.1, 0.15) is 11.3 Å². The molecule has 39 heavy (non-hydrogen) atoms. The molecule has 1 aliphatic rings. The molecule has 0 saturated carbocycles. The lowest BCUT2D eigenvalue weighted by Gasteiger charge is -2.21. The van der Waals surface area contributed by atoms with Gasteiger partial charge in [0.2, 0.25) is 18.4 Å². The molecule has 0 bridgehead atoms. The highest BCUT2D eigenvalue weighted by Crippen LogP contribution is 2.44. The molecule has 3 aromatic carbocycles. The summed E-state index contributed by atoms with van der Waals surface area (Å²) in [6, 6.07) is 15.3. The second kappa shape index (κ2) is 10.9. The molecule has 202 valence electrons. The summed E-state index contributed by atoms with van der Waals surface area (Å²) in [6.07, 6.45) is -0.181. The van der Waals surface area contributed by atoms with Crippen LogP contribution in [0.15, 0.2) is 63.8 Å². The highest BCUT2D eigenvalue weighted by atomic mass is 16.7. The number of methoxy groups -OCH3 is 3. The van der Waals surface area contributed by atoms with E-state index in [1.54, 1.807) is 48.5 Å². The Bertz CT molecular complexity index is 1570. The summed E-state index contributed by atoms with van der Waals surface area (Å²) in [4.78, 5) is 26.5. The Morgan fingerprint density at radius 3 is 2.41 bits per heavy atom. The first-order chi connectivity index (χ1) is 18.9. The molecule has 0 spiro atoms. The molecule has 1 aromatic heterocycles. The van der Waals surface area contributed by atoms with Crippen LogP contribution in [0, 0.1) is 0 Å². The Morgan fingerprint density at radius 2 is 1.69 bits per heavy atom. The van der Waals surface area contributed by atoms with E-state index in [0.717, 1.165) is 5.56 Å². The van der Waals surface area contributed by atoms with E-state index in [2.05, 4.69) is 5.32 Å². The number of nitrogens with one attached hydrogen (secondary N) is 1. The molecule has 4 aromatic rings. The van der Waals surface area contributed by atoms with Gasteiger partial charge < -0.3 is 38.5 Å². The molecule has 0 fully saturated rings. The number of carbonyl (C=O) groups is 1. The van der Waals surface area contributed by atoms with Gasteiger partial charge in [-0.3, -0.25) is 4.79 Å². The number of fused-ring (bicyclic) bond motifs is 2. The molecule has 1 amide bonds. The first-order valence-electron chi connectivity index (χ1n) is 12.1. The summed E-state index contributed by atoms with van der Waals surface area (Å²) < 4.78 is 32.7. The monoisotopic (exact) mass is 533 g/mol. The Hall–Kier alpha value is -4.86. The van der Waals surface area contributed by atoms with Gasteiger partial charge in [0.25, 0.3) is 0 Å². The van der Waals surface area contributed by atoms with E-state index in [4.69, 9.17) is 28.1 Å². The minimum absolute atomic E-state index is 0.0544. The predicted octanol–water partition coefficient (Wildman–Crippen LogP) is 4.09. The standard InChI is InChI=1S/C29H27NO9/c1-34-23-11-17(12-24(35-2)28(23)36-3)19(26-27(32)18-6-4-5-7-20(18)39-29(26)33)13-25(31)30-14-16-8-9-21-22(10-16)38-15-37-21/h4-12,19,32H,13-15H2,1-3H3,(H,30,31)/t19-/m0/s1. The van der Waals surface area contributed by atoms with E-state index in [1.807, 2.05) is 6.07 Å². The van der Waals surface area contributed by atoms with Crippen LogP contribution in [0.25, 0.3) is 11.0 Å². The fourth-order valence-corrected chi connectivity index (χ4v) is 4.65. The van der Waals surface area contributed by atoms with Crippen molar-refractivity contribution in [3.8, 4) is 34.5 Å². The number of hydrogen-bond donors (Lipinski definition) is 2. The molecule has 0 saturated heterocycles. The summed E-state index contributed by atoms with van der Waals surface area (Å²) in [5, 5.41) is 14.5. The molecule has 1 aliphatic heterocycles. The molecular formula is C29H27NO9. The molecule has 10 nitrogen and oxygen atoms in total. The van der Waals surface area contributed by atoms with E-state index in [-0.39, 0.29) is 42.6 Å². The Morgan fingerprint density at radius 1 is 0.974 bits per heavy atom. The summed E-state index contributed by atoms with van der Waals surface area (Å²) in [6.45, 7) is 0.370. The lowest BCUT2D eigenvalue weighted by atomic mass is 9.87. The van der Waals surface area contributed by atoms with Gasteiger partial charge in [-0.05, 0) is 47.5 Å². The fourth-order valence-electron chi connectivity index (χ4n) is 4.65. The molecule has 5 rings (SSSR count). The van der Waals surface area contributed by atoms with Crippen molar-refractivity contribution < 1.29 is 38.0 Å². The van der Waals surface area contributed by atoms with Crippen molar-refractivity contribution in [3.63, 3.8) is 0 Å². The van der Waals surface area contributed by atoms with Gasteiger partial charge in [0.15, 0.2) is 23.0 Å². The highest BCUT2D eigenvalue weighted by Gasteiger charge is 2.29. The molecule has 2 heterocycles. The van der Waals surface area contributed by atoms with Crippen LogP contribution in [0.2, 0.25) is 0 Å². The number of aromatic hydroxyl groups is 1. The first-order valence-corrected chi connectivity index (χ1v) is 12.1. The Labute approximate surface area is 223 Å². The van der Waals surface area contributed by atoms with Crippen LogP contribution >= 0.6 is 0 Å². The fraction of sp³-hybridized carbons (Fsp3) is 0.241. The lowest BCUT2D eigenvalue weighted by Crippen LogP contribution is -2.26. The Kier molecular flexibility index (Phi) is 7.18. The maximum absolute atomic E-state index is 13.3. The van der Waals surface area contributed by atoms with E-state index in [1.165, 1.54) is 21.3 Å². The summed E-state index contributed by atoms with van der Waals surface area (Å²) in [5.74, 6) is 0.745. The number of para-hydroxylation sites is 1. The number of ether oxygens (including phenoxy) is 5. The van der Waals surface area contributed by atoms with Gasteiger partial charge in [-0.2, -0.15) is 0 Å². The van der Waals surface area contributed by atoms with Crippen molar-refractivity contribution in [2.75, 3.05) is 28.1 Å². The molecule has 2 N–H and O–H groups in total. The van der Waals surface area contributed by atoms with Gasteiger partial charge in [-0.1, -0.05) is 18.2 Å². The zero-order chi connectivity index (χ0) is 27.5. The van der Waals surface area contributed by atoms with Gasteiger partial charge in [0.05, 0.1) is 32.3 Å². The molecule has 0 unspecified atom stereocenters. The highest BCUT2D eigenvalue weighted by molar-refractivity contribution is 5.85. The molecule has 1 atom stereocenters. The summed E-state index contributed by atoms with van der Waals surface area (Å²) in [5.41, 5.74) is 0.722. The Balaban J connectivity index is 1.53. The van der Waals surface area contributed by atoms with Crippen molar-refractivity contribution in [2.24, 2.45) is 0 Å². The average molecular weight is 534 g/mol. The van der Waals surface area contributed by atoms with E-state index >= 15 is 0 Å². The quantitative estimate of drug-likeness (QED) is 0.306. The second-order valence-electron chi connectivity index (χ2n) is 8.83. The number of hydrogen-bond acceptors (Lipinski definition) is 9. The van der Waals surface area contributed by atoms with Crippen LogP contribution in [0.4, 0.5) is 0 Å². The zero-order valence-corrected chi connectivity index (χ0v) is 21.6. The summed E-state index contributed by atoms with van der Waals surface area (Å²) >= 11 is 0. The van der Waals surface area contributed by atoms with Crippen molar-refractivity contribution in [3.05, 3.63) is 81.7 Å². The average Bonchev–Trinajstić information content (AvgIpc) is 3.42. The maximum atomic E-state index is 13.3. The number of carbonyl (C=O) groups excluding carboxylic acids is 1. The van der Waals surface area contributed by atoms with E-state index in [0.29, 0.717) is 39.7 Å². The normalized spacial score (nSPS) is 12.7. The van der Waals surface area contributed by atoms with E-state index < -0.39 is 11.5 Å². The van der Waals surface area contributed by atoms with Crippen molar-refractivity contribution >= 4 is 16.9 Å². The largest absolute Gasteiger partial charge is 0.507 e. The number of rotatable bonds is 9. The number of benzene rings is 3. The topological polar surface area (TPSA) is 126 Å². The third kappa shape index (κ3) is 5.00. The van der Waals surface area contributed by atoms with Gasteiger partial charge in [0, 0.05) is 18.9 Å². The first kappa shape index (κ1) is 25.8. The molecule has 10 heteroatoms. The number of amides is 1. The minimum Gasteiger partial charge on any atom is -0.507 e. The van der Waals surface area contributed by atoms with E-state index in [9.17, 15) is 14.7 Å². The third-order valence-corrected chi connectivity index (χ3v) is 6.57. The maximum Gasteiger partial charge on any atom is 0.343 e. The van der Waals surface area contributed by atoms with Crippen LogP contribution in [0.3, 0.4) is 0 Å². The zero-order valence-electron chi connectivity index (χ0n) is 21.6. The van der Waals surface area contributed by atoms with Crippen LogP contribution in [-0.4, -0.2) is 39.1 Å². The SMILES string of the molecule is COc1cc([C@H](CC(=O)NCc2ccc3c(c2)OCO3)c2c(O)c3ccccc3oc2=O)cc(OC)c1OC. The van der Waals surface area contributed by atoms with Crippen molar-refractivity contribution in [1.29, 1.82) is 0 Å². The summed E-state index contributed by atoms with van der Waals surface area (Å²) in [7, 11) is 4.41.